The summed E-state index contributed by atoms with van der Waals surface area (Å²) in [7, 11) is 0. The molecule has 0 aliphatic carbocycles. The zero-order valence-electron chi connectivity index (χ0n) is 18.3. The van der Waals surface area contributed by atoms with Gasteiger partial charge in [0, 0.05) is 12.7 Å². The lowest BCUT2D eigenvalue weighted by molar-refractivity contribution is -0.119. The van der Waals surface area contributed by atoms with Crippen LogP contribution in [-0.4, -0.2) is 45.9 Å². The highest BCUT2D eigenvalue weighted by atomic mass is 16.5. The first-order valence-corrected chi connectivity index (χ1v) is 10.7. The van der Waals surface area contributed by atoms with Crippen molar-refractivity contribution in [3.05, 3.63) is 72.3 Å². The second kappa shape index (κ2) is 9.51. The number of carbonyl (C=O) groups is 3. The smallest absolute Gasteiger partial charge is 0.272 e. The van der Waals surface area contributed by atoms with E-state index in [1.54, 1.807) is 36.5 Å². The van der Waals surface area contributed by atoms with E-state index >= 15 is 0 Å². The molecule has 0 atom stereocenters. The number of H-pyrrole nitrogens is 1. The first-order valence-electron chi connectivity index (χ1n) is 10.7. The van der Waals surface area contributed by atoms with Gasteiger partial charge >= 0.3 is 0 Å². The third kappa shape index (κ3) is 4.88. The van der Waals surface area contributed by atoms with Crippen LogP contribution in [0.15, 0.2) is 61.1 Å². The molecule has 0 spiro atoms. The number of para-hydroxylation sites is 1. The molecule has 176 valence electrons. The molecule has 35 heavy (non-hydrogen) atoms. The fraction of sp³-hybridized carbons (Fsp3) is 0.125. The van der Waals surface area contributed by atoms with E-state index in [1.165, 1.54) is 6.33 Å². The van der Waals surface area contributed by atoms with Crippen LogP contribution >= 0.6 is 0 Å². The number of carbonyl (C=O) groups excluding carboxylic acids is 3. The van der Waals surface area contributed by atoms with Crippen LogP contribution in [0.4, 0.5) is 11.4 Å². The summed E-state index contributed by atoms with van der Waals surface area (Å²) in [6.45, 7) is 0.00141. The van der Waals surface area contributed by atoms with Gasteiger partial charge in [-0.25, -0.2) is 9.97 Å². The molecule has 4 aromatic rings. The molecule has 0 fully saturated rings. The van der Waals surface area contributed by atoms with Gasteiger partial charge in [-0.3, -0.25) is 14.4 Å². The molecule has 0 unspecified atom stereocenters. The van der Waals surface area contributed by atoms with Gasteiger partial charge in [0.1, 0.15) is 23.3 Å². The van der Waals surface area contributed by atoms with Crippen molar-refractivity contribution < 1.29 is 23.9 Å². The molecule has 0 saturated heterocycles. The molecule has 3 heterocycles. The largest absolute Gasteiger partial charge is 0.484 e. The molecule has 4 N–H and O–H groups in total. The summed E-state index contributed by atoms with van der Waals surface area (Å²) in [6, 6.07) is 14.3. The van der Waals surface area contributed by atoms with Gasteiger partial charge in [0.2, 0.25) is 0 Å². The Morgan fingerprint density at radius 2 is 1.97 bits per heavy atom. The number of anilines is 2. The molecule has 0 radical (unpaired) electrons. The molecule has 5 rings (SSSR count). The molecule has 1 aliphatic heterocycles. The topological polar surface area (TPSA) is 147 Å². The molecule has 0 bridgehead atoms. The van der Waals surface area contributed by atoms with Gasteiger partial charge in [-0.1, -0.05) is 24.3 Å². The summed E-state index contributed by atoms with van der Waals surface area (Å²) in [5, 5.41) is 8.27. The zero-order valence-corrected chi connectivity index (χ0v) is 18.3. The van der Waals surface area contributed by atoms with Crippen molar-refractivity contribution in [2.24, 2.45) is 0 Å². The number of rotatable bonds is 7. The van der Waals surface area contributed by atoms with E-state index in [9.17, 15) is 14.4 Å². The maximum absolute atomic E-state index is 12.8. The Hall–Kier alpha value is -4.93. The Bertz CT molecular complexity index is 1420. The Labute approximate surface area is 198 Å². The summed E-state index contributed by atoms with van der Waals surface area (Å²) < 4.78 is 10.8. The first kappa shape index (κ1) is 21.9. The normalized spacial score (nSPS) is 12.3. The zero-order chi connectivity index (χ0) is 24.2. The second-order valence-corrected chi connectivity index (χ2v) is 7.65. The number of benzene rings is 2. The van der Waals surface area contributed by atoms with Crippen LogP contribution in [0, 0.1) is 0 Å². The maximum Gasteiger partial charge on any atom is 0.272 e. The molecule has 0 saturated carbocycles. The van der Waals surface area contributed by atoms with Crippen molar-refractivity contribution >= 4 is 40.1 Å². The third-order valence-corrected chi connectivity index (χ3v) is 5.20. The van der Waals surface area contributed by atoms with Crippen LogP contribution in [0.5, 0.6) is 11.5 Å². The van der Waals surface area contributed by atoms with E-state index in [0.29, 0.717) is 33.9 Å². The molecule has 2 aromatic carbocycles. The molecule has 3 amide bonds. The van der Waals surface area contributed by atoms with Gasteiger partial charge in [-0.2, -0.15) is 0 Å². The van der Waals surface area contributed by atoms with Gasteiger partial charge in [-0.05, 0) is 29.8 Å². The Morgan fingerprint density at radius 1 is 1.11 bits per heavy atom. The van der Waals surface area contributed by atoms with Gasteiger partial charge in [-0.15, -0.1) is 0 Å². The third-order valence-electron chi connectivity index (χ3n) is 5.20. The molecular formula is C24H20N6O5. The van der Waals surface area contributed by atoms with E-state index in [1.807, 2.05) is 18.2 Å². The Balaban J connectivity index is 1.24. The average Bonchev–Trinajstić information content (AvgIpc) is 3.29. The summed E-state index contributed by atoms with van der Waals surface area (Å²) in [5.41, 5.74) is 2.64. The number of nitrogens with zero attached hydrogens (tertiary/aromatic N) is 2. The van der Waals surface area contributed by atoms with Gasteiger partial charge in [0.05, 0.1) is 16.9 Å². The molecular weight excluding hydrogens is 452 g/mol. The SMILES string of the molecule is O=C1COc2ccc(CNC(=O)c3ncnc4c(NC(=O)COc5ccccc5)c[nH]c34)cc2N1. The van der Waals surface area contributed by atoms with E-state index in [0.717, 1.165) is 5.56 Å². The Kier molecular flexibility index (Phi) is 5.95. The van der Waals surface area contributed by atoms with Gasteiger partial charge in [0.25, 0.3) is 17.7 Å². The van der Waals surface area contributed by atoms with Crippen LogP contribution in [-0.2, 0) is 16.1 Å². The lowest BCUT2D eigenvalue weighted by Gasteiger charge is -2.18. The summed E-state index contributed by atoms with van der Waals surface area (Å²) in [4.78, 5) is 47.9. The van der Waals surface area contributed by atoms with E-state index in [4.69, 9.17) is 9.47 Å². The van der Waals surface area contributed by atoms with Crippen LogP contribution in [0.3, 0.4) is 0 Å². The highest BCUT2D eigenvalue weighted by Crippen LogP contribution is 2.28. The minimum atomic E-state index is -0.428. The fourth-order valence-corrected chi connectivity index (χ4v) is 3.56. The van der Waals surface area contributed by atoms with Crippen molar-refractivity contribution in [3.63, 3.8) is 0 Å². The molecule has 11 nitrogen and oxygen atoms in total. The number of nitrogens with one attached hydrogen (secondary N) is 4. The van der Waals surface area contributed by atoms with Crippen LogP contribution in [0.25, 0.3) is 11.0 Å². The number of hydrogen-bond donors (Lipinski definition) is 4. The highest BCUT2D eigenvalue weighted by Gasteiger charge is 2.19. The summed E-state index contributed by atoms with van der Waals surface area (Å²) in [5.74, 6) is 0.123. The predicted molar refractivity (Wildman–Crippen MR) is 126 cm³/mol. The average molecular weight is 472 g/mol. The number of hydrogen-bond acceptors (Lipinski definition) is 7. The number of aromatic amines is 1. The summed E-state index contributed by atoms with van der Waals surface area (Å²) >= 11 is 0. The van der Waals surface area contributed by atoms with Gasteiger partial charge in [0.15, 0.2) is 18.9 Å². The minimum Gasteiger partial charge on any atom is -0.484 e. The van der Waals surface area contributed by atoms with Crippen LogP contribution in [0.1, 0.15) is 16.1 Å². The lowest BCUT2D eigenvalue weighted by Crippen LogP contribution is -2.26. The number of aromatic nitrogens is 3. The predicted octanol–water partition coefficient (Wildman–Crippen LogP) is 2.24. The first-order chi connectivity index (χ1) is 17.1. The van der Waals surface area contributed by atoms with Crippen molar-refractivity contribution in [2.45, 2.75) is 6.54 Å². The van der Waals surface area contributed by atoms with Crippen LogP contribution < -0.4 is 25.4 Å². The minimum absolute atomic E-state index is 0.0224. The molecule has 11 heteroatoms. The summed E-state index contributed by atoms with van der Waals surface area (Å²) in [6.07, 6.45) is 2.80. The highest BCUT2D eigenvalue weighted by molar-refractivity contribution is 6.08. The maximum atomic E-state index is 12.8. The van der Waals surface area contributed by atoms with E-state index in [-0.39, 0.29) is 37.3 Å². The number of ether oxygens (including phenoxy) is 2. The monoisotopic (exact) mass is 472 g/mol. The quantitative estimate of drug-likeness (QED) is 0.322. The Morgan fingerprint density at radius 3 is 2.83 bits per heavy atom. The lowest BCUT2D eigenvalue weighted by atomic mass is 10.1. The van der Waals surface area contributed by atoms with E-state index < -0.39 is 5.91 Å². The second-order valence-electron chi connectivity index (χ2n) is 7.65. The van der Waals surface area contributed by atoms with Crippen molar-refractivity contribution in [2.75, 3.05) is 23.8 Å². The molecule has 1 aliphatic rings. The van der Waals surface area contributed by atoms with Crippen molar-refractivity contribution in [3.8, 4) is 11.5 Å². The van der Waals surface area contributed by atoms with Crippen molar-refractivity contribution in [1.82, 2.24) is 20.3 Å². The van der Waals surface area contributed by atoms with Crippen molar-refractivity contribution in [1.29, 1.82) is 0 Å². The molecule has 2 aromatic heterocycles. The standard InChI is InChI=1S/C24H20N6O5/c31-19(11-34-15-4-2-1-3-5-15)30-17-10-25-22-21(17)27-13-28-23(22)24(33)26-9-14-6-7-18-16(8-14)29-20(32)12-35-18/h1-8,10,13,25H,9,11-12H2,(H,26,33)(H,29,32)(H,30,31). The fourth-order valence-electron chi connectivity index (χ4n) is 3.56. The van der Waals surface area contributed by atoms with E-state index in [2.05, 4.69) is 30.9 Å². The number of amides is 3. The van der Waals surface area contributed by atoms with Crippen LogP contribution in [0.2, 0.25) is 0 Å². The van der Waals surface area contributed by atoms with Gasteiger partial charge < -0.3 is 30.4 Å². The number of fused-ring (bicyclic) bond motifs is 2.